The standard InChI is InChI=1S/C7H13NO2/c1-9-7-2-8(3-7)6-4-10-5-6/h6-7H,2-5H2,1H3. The minimum Gasteiger partial charge on any atom is -0.379 e. The Morgan fingerprint density at radius 3 is 2.50 bits per heavy atom. The molecule has 2 saturated heterocycles. The van der Waals surface area contributed by atoms with E-state index in [0.717, 1.165) is 26.3 Å². The van der Waals surface area contributed by atoms with E-state index >= 15 is 0 Å². The van der Waals surface area contributed by atoms with Gasteiger partial charge in [0.25, 0.3) is 0 Å². The van der Waals surface area contributed by atoms with Crippen molar-refractivity contribution in [1.82, 2.24) is 4.90 Å². The van der Waals surface area contributed by atoms with Crippen molar-refractivity contribution in [3.63, 3.8) is 0 Å². The third-order valence-corrected chi connectivity index (χ3v) is 2.35. The third kappa shape index (κ3) is 0.944. The van der Waals surface area contributed by atoms with E-state index in [-0.39, 0.29) is 0 Å². The SMILES string of the molecule is COC1CN(C2COC2)C1. The van der Waals surface area contributed by atoms with Gasteiger partial charge in [0.2, 0.25) is 0 Å². The number of hydrogen-bond donors (Lipinski definition) is 0. The van der Waals surface area contributed by atoms with Crippen LogP contribution in [0.1, 0.15) is 0 Å². The Labute approximate surface area is 60.9 Å². The summed E-state index contributed by atoms with van der Waals surface area (Å²) >= 11 is 0. The van der Waals surface area contributed by atoms with Crippen LogP contribution in [0.25, 0.3) is 0 Å². The fraction of sp³-hybridized carbons (Fsp3) is 1.00. The van der Waals surface area contributed by atoms with E-state index < -0.39 is 0 Å². The van der Waals surface area contributed by atoms with Crippen LogP contribution < -0.4 is 0 Å². The minimum atomic E-state index is 0.487. The highest BCUT2D eigenvalue weighted by molar-refractivity contribution is 4.88. The van der Waals surface area contributed by atoms with Gasteiger partial charge < -0.3 is 9.47 Å². The molecule has 58 valence electrons. The fourth-order valence-corrected chi connectivity index (χ4v) is 1.35. The number of rotatable bonds is 2. The smallest absolute Gasteiger partial charge is 0.0825 e. The summed E-state index contributed by atoms with van der Waals surface area (Å²) < 4.78 is 10.2. The van der Waals surface area contributed by atoms with Crippen LogP contribution in [0.4, 0.5) is 0 Å². The summed E-state index contributed by atoms with van der Waals surface area (Å²) in [6.07, 6.45) is 0.487. The van der Waals surface area contributed by atoms with Crippen LogP contribution in [0.2, 0.25) is 0 Å². The number of likely N-dealkylation sites (tertiary alicyclic amines) is 1. The molecule has 0 aromatic rings. The van der Waals surface area contributed by atoms with E-state index in [1.165, 1.54) is 0 Å². The molecule has 10 heavy (non-hydrogen) atoms. The Bertz CT molecular complexity index is 119. The lowest BCUT2D eigenvalue weighted by atomic mass is 10.1. The second-order valence-corrected chi connectivity index (χ2v) is 3.00. The van der Waals surface area contributed by atoms with Gasteiger partial charge in [-0.15, -0.1) is 0 Å². The molecule has 0 spiro atoms. The highest BCUT2D eigenvalue weighted by Crippen LogP contribution is 2.19. The monoisotopic (exact) mass is 143 g/mol. The molecule has 2 heterocycles. The van der Waals surface area contributed by atoms with Gasteiger partial charge >= 0.3 is 0 Å². The van der Waals surface area contributed by atoms with Crippen molar-refractivity contribution in [2.75, 3.05) is 33.4 Å². The van der Waals surface area contributed by atoms with Gasteiger partial charge in [0.1, 0.15) is 0 Å². The second-order valence-electron chi connectivity index (χ2n) is 3.00. The zero-order valence-electron chi connectivity index (χ0n) is 6.25. The molecule has 0 bridgehead atoms. The molecule has 0 aromatic heterocycles. The van der Waals surface area contributed by atoms with Crippen molar-refractivity contribution in [3.8, 4) is 0 Å². The van der Waals surface area contributed by atoms with E-state index in [1.807, 2.05) is 0 Å². The summed E-state index contributed by atoms with van der Waals surface area (Å²) in [5.41, 5.74) is 0. The first-order valence-electron chi connectivity index (χ1n) is 3.74. The van der Waals surface area contributed by atoms with Crippen molar-refractivity contribution >= 4 is 0 Å². The van der Waals surface area contributed by atoms with Gasteiger partial charge in [-0.05, 0) is 0 Å². The maximum atomic E-state index is 5.15. The fourth-order valence-electron chi connectivity index (χ4n) is 1.35. The Morgan fingerprint density at radius 1 is 1.40 bits per heavy atom. The lowest BCUT2D eigenvalue weighted by molar-refractivity contribution is -0.129. The minimum absolute atomic E-state index is 0.487. The molecule has 2 fully saturated rings. The molecule has 0 aromatic carbocycles. The molecule has 2 aliphatic rings. The van der Waals surface area contributed by atoms with Gasteiger partial charge in [0, 0.05) is 20.2 Å². The summed E-state index contributed by atoms with van der Waals surface area (Å²) in [5.74, 6) is 0. The van der Waals surface area contributed by atoms with E-state index in [9.17, 15) is 0 Å². The summed E-state index contributed by atoms with van der Waals surface area (Å²) in [7, 11) is 1.78. The van der Waals surface area contributed by atoms with Gasteiger partial charge in [0.15, 0.2) is 0 Å². The molecular formula is C7H13NO2. The number of ether oxygens (including phenoxy) is 2. The third-order valence-electron chi connectivity index (χ3n) is 2.35. The van der Waals surface area contributed by atoms with Gasteiger partial charge in [-0.25, -0.2) is 0 Å². The highest BCUT2D eigenvalue weighted by Gasteiger charge is 2.35. The number of nitrogens with zero attached hydrogens (tertiary/aromatic N) is 1. The Morgan fingerprint density at radius 2 is 2.10 bits per heavy atom. The zero-order valence-corrected chi connectivity index (χ0v) is 6.25. The van der Waals surface area contributed by atoms with Crippen LogP contribution in [0.5, 0.6) is 0 Å². The molecule has 0 N–H and O–H groups in total. The van der Waals surface area contributed by atoms with Gasteiger partial charge in [-0.3, -0.25) is 4.90 Å². The molecule has 0 aliphatic carbocycles. The first-order valence-corrected chi connectivity index (χ1v) is 3.74. The second kappa shape index (κ2) is 2.49. The first kappa shape index (κ1) is 6.58. The van der Waals surface area contributed by atoms with Crippen molar-refractivity contribution in [3.05, 3.63) is 0 Å². The predicted octanol–water partition coefficient (Wildman–Crippen LogP) is -0.284. The summed E-state index contributed by atoms with van der Waals surface area (Å²) in [6.45, 7) is 4.06. The summed E-state index contributed by atoms with van der Waals surface area (Å²) in [5, 5.41) is 0. The van der Waals surface area contributed by atoms with Crippen molar-refractivity contribution in [2.24, 2.45) is 0 Å². The molecule has 3 heteroatoms. The quantitative estimate of drug-likeness (QED) is 0.530. The van der Waals surface area contributed by atoms with Crippen molar-refractivity contribution in [2.45, 2.75) is 12.1 Å². The van der Waals surface area contributed by atoms with Crippen molar-refractivity contribution < 1.29 is 9.47 Å². The summed E-state index contributed by atoms with van der Waals surface area (Å²) in [4.78, 5) is 2.41. The van der Waals surface area contributed by atoms with Crippen LogP contribution in [0.3, 0.4) is 0 Å². The molecule has 2 aliphatic heterocycles. The van der Waals surface area contributed by atoms with Crippen LogP contribution in [-0.4, -0.2) is 50.5 Å². The van der Waals surface area contributed by atoms with Gasteiger partial charge in [-0.1, -0.05) is 0 Å². The molecule has 0 atom stereocenters. The maximum Gasteiger partial charge on any atom is 0.0825 e. The predicted molar refractivity (Wildman–Crippen MR) is 37.0 cm³/mol. The van der Waals surface area contributed by atoms with E-state index in [0.29, 0.717) is 12.1 Å². The molecule has 0 radical (unpaired) electrons. The Balaban J connectivity index is 1.69. The molecule has 3 nitrogen and oxygen atoms in total. The summed E-state index contributed by atoms with van der Waals surface area (Å²) in [6, 6.07) is 0.700. The lowest BCUT2D eigenvalue weighted by Crippen LogP contribution is -2.61. The van der Waals surface area contributed by atoms with E-state index in [4.69, 9.17) is 9.47 Å². The highest BCUT2D eigenvalue weighted by atomic mass is 16.5. The van der Waals surface area contributed by atoms with Crippen LogP contribution in [-0.2, 0) is 9.47 Å². The number of methoxy groups -OCH3 is 1. The van der Waals surface area contributed by atoms with Gasteiger partial charge in [0.05, 0.1) is 25.4 Å². The maximum absolute atomic E-state index is 5.15. The zero-order chi connectivity index (χ0) is 6.97. The molecule has 0 saturated carbocycles. The normalized spacial score (nSPS) is 29.7. The number of hydrogen-bond acceptors (Lipinski definition) is 3. The van der Waals surface area contributed by atoms with E-state index in [1.54, 1.807) is 7.11 Å². The lowest BCUT2D eigenvalue weighted by Gasteiger charge is -2.46. The largest absolute Gasteiger partial charge is 0.379 e. The Hall–Kier alpha value is -0.120. The molecule has 0 amide bonds. The van der Waals surface area contributed by atoms with Crippen LogP contribution in [0, 0.1) is 0 Å². The average molecular weight is 143 g/mol. The van der Waals surface area contributed by atoms with Crippen molar-refractivity contribution in [1.29, 1.82) is 0 Å². The van der Waals surface area contributed by atoms with Crippen LogP contribution in [0.15, 0.2) is 0 Å². The van der Waals surface area contributed by atoms with Gasteiger partial charge in [-0.2, -0.15) is 0 Å². The average Bonchev–Trinajstić information content (AvgIpc) is 1.72. The topological polar surface area (TPSA) is 21.7 Å². The molecule has 0 unspecified atom stereocenters. The molecule has 2 rings (SSSR count). The van der Waals surface area contributed by atoms with E-state index in [2.05, 4.69) is 4.90 Å². The van der Waals surface area contributed by atoms with Crippen LogP contribution >= 0.6 is 0 Å². The molecular weight excluding hydrogens is 130 g/mol. The Kier molecular flexibility index (Phi) is 1.64. The first-order chi connectivity index (χ1) is 4.90.